The molecule has 0 aliphatic heterocycles. The predicted octanol–water partition coefficient (Wildman–Crippen LogP) is 2.99. The number of aromatic nitrogens is 1. The Morgan fingerprint density at radius 1 is 1.14 bits per heavy atom. The van der Waals surface area contributed by atoms with Gasteiger partial charge >= 0.3 is 0 Å². The third kappa shape index (κ3) is 2.48. The molecule has 0 radical (unpaired) electrons. The molecule has 1 aromatic heterocycles. The summed E-state index contributed by atoms with van der Waals surface area (Å²) in [5, 5.41) is 0. The minimum atomic E-state index is -0.239. The second-order valence-electron chi connectivity index (χ2n) is 4.53. The highest BCUT2D eigenvalue weighted by atomic mass is 32.1. The number of rotatable bonds is 2. The molecule has 0 atom stereocenters. The highest BCUT2D eigenvalue weighted by Gasteiger charge is 2.10. The van der Waals surface area contributed by atoms with E-state index in [1.807, 2.05) is 48.0 Å². The van der Waals surface area contributed by atoms with Gasteiger partial charge in [0.15, 0.2) is 4.80 Å². The minimum absolute atomic E-state index is 0.239. The lowest BCUT2D eigenvalue weighted by Gasteiger charge is -2.02. The first kappa shape index (κ1) is 13.6. The van der Waals surface area contributed by atoms with Crippen LogP contribution in [0.5, 0.6) is 5.75 Å². The fourth-order valence-electron chi connectivity index (χ4n) is 2.17. The van der Waals surface area contributed by atoms with E-state index in [4.69, 9.17) is 4.74 Å². The molecule has 1 amide bonds. The maximum atomic E-state index is 12.2. The Morgan fingerprint density at radius 3 is 2.62 bits per heavy atom. The Balaban J connectivity index is 2.15. The number of carbonyl (C=O) groups excluding carboxylic acids is 1. The van der Waals surface area contributed by atoms with Crippen molar-refractivity contribution in [2.24, 2.45) is 12.0 Å². The van der Waals surface area contributed by atoms with Crippen molar-refractivity contribution >= 4 is 27.5 Å². The molecule has 21 heavy (non-hydrogen) atoms. The van der Waals surface area contributed by atoms with E-state index < -0.39 is 0 Å². The zero-order valence-corrected chi connectivity index (χ0v) is 12.6. The summed E-state index contributed by atoms with van der Waals surface area (Å²) in [5.74, 6) is 0.539. The first-order chi connectivity index (χ1) is 10.2. The van der Waals surface area contributed by atoms with Gasteiger partial charge in [0.05, 0.1) is 11.8 Å². The van der Waals surface area contributed by atoms with Crippen molar-refractivity contribution in [3.05, 3.63) is 58.9 Å². The Hall–Kier alpha value is -2.40. The normalized spacial score (nSPS) is 11.8. The van der Waals surface area contributed by atoms with Gasteiger partial charge in [-0.1, -0.05) is 35.6 Å². The molecule has 0 N–H and O–H groups in total. The smallest absolute Gasteiger partial charge is 0.279 e. The predicted molar refractivity (Wildman–Crippen MR) is 83.7 cm³/mol. The molecule has 0 aliphatic rings. The Labute approximate surface area is 126 Å². The molecular weight excluding hydrogens is 284 g/mol. The number of ether oxygens (including phenoxy) is 1. The average molecular weight is 298 g/mol. The largest absolute Gasteiger partial charge is 0.495 e. The summed E-state index contributed by atoms with van der Waals surface area (Å²) in [6.07, 6.45) is 0. The highest BCUT2D eigenvalue weighted by molar-refractivity contribution is 7.16. The van der Waals surface area contributed by atoms with E-state index in [1.54, 1.807) is 19.2 Å². The van der Waals surface area contributed by atoms with Crippen LogP contribution in [0.4, 0.5) is 0 Å². The Kier molecular flexibility index (Phi) is 3.58. The molecule has 0 fully saturated rings. The van der Waals surface area contributed by atoms with E-state index in [-0.39, 0.29) is 5.91 Å². The fraction of sp³-hybridized carbons (Fsp3) is 0.125. The number of fused-ring (bicyclic) bond motifs is 1. The van der Waals surface area contributed by atoms with Crippen molar-refractivity contribution in [2.75, 3.05) is 7.11 Å². The number of hydrogen-bond donors (Lipinski definition) is 0. The average Bonchev–Trinajstić information content (AvgIpc) is 2.84. The maximum absolute atomic E-state index is 12.2. The third-order valence-corrected chi connectivity index (χ3v) is 4.32. The topological polar surface area (TPSA) is 43.6 Å². The van der Waals surface area contributed by atoms with E-state index in [0.29, 0.717) is 10.4 Å². The SMILES string of the molecule is COc1cccc2sc(=NC(=O)c3ccccc3)n(C)c12. The second-order valence-corrected chi connectivity index (χ2v) is 5.54. The zero-order valence-electron chi connectivity index (χ0n) is 11.7. The van der Waals surface area contributed by atoms with Crippen molar-refractivity contribution in [2.45, 2.75) is 0 Å². The summed E-state index contributed by atoms with van der Waals surface area (Å²) in [4.78, 5) is 17.1. The van der Waals surface area contributed by atoms with E-state index >= 15 is 0 Å². The van der Waals surface area contributed by atoms with Crippen LogP contribution in [0.3, 0.4) is 0 Å². The first-order valence-electron chi connectivity index (χ1n) is 6.47. The van der Waals surface area contributed by atoms with Gasteiger partial charge in [0, 0.05) is 12.6 Å². The van der Waals surface area contributed by atoms with Gasteiger partial charge in [-0.3, -0.25) is 4.79 Å². The van der Waals surface area contributed by atoms with Crippen LogP contribution < -0.4 is 9.54 Å². The number of aryl methyl sites for hydroxylation is 1. The lowest BCUT2D eigenvalue weighted by atomic mass is 10.2. The Bertz CT molecular complexity index is 863. The van der Waals surface area contributed by atoms with Crippen LogP contribution in [0, 0.1) is 0 Å². The standard InChI is InChI=1S/C16H14N2O2S/c1-18-14-12(20-2)9-6-10-13(14)21-16(18)17-15(19)11-7-4-3-5-8-11/h3-10H,1-2H3. The molecule has 0 saturated carbocycles. The molecule has 0 bridgehead atoms. The van der Waals surface area contributed by atoms with Gasteiger partial charge in [0.25, 0.3) is 5.91 Å². The molecule has 0 saturated heterocycles. The van der Waals surface area contributed by atoms with Gasteiger partial charge in [-0.25, -0.2) is 0 Å². The number of nitrogens with zero attached hydrogens (tertiary/aromatic N) is 2. The van der Waals surface area contributed by atoms with E-state index in [9.17, 15) is 4.79 Å². The van der Waals surface area contributed by atoms with Gasteiger partial charge in [0.1, 0.15) is 11.3 Å². The lowest BCUT2D eigenvalue weighted by molar-refractivity contribution is 0.0998. The lowest BCUT2D eigenvalue weighted by Crippen LogP contribution is -2.13. The molecule has 0 unspecified atom stereocenters. The number of carbonyl (C=O) groups is 1. The van der Waals surface area contributed by atoms with Gasteiger partial charge in [-0.2, -0.15) is 4.99 Å². The summed E-state index contributed by atoms with van der Waals surface area (Å²) in [5.41, 5.74) is 1.53. The van der Waals surface area contributed by atoms with Crippen molar-refractivity contribution < 1.29 is 9.53 Å². The summed E-state index contributed by atoms with van der Waals surface area (Å²) < 4.78 is 8.30. The molecule has 4 nitrogen and oxygen atoms in total. The van der Waals surface area contributed by atoms with Crippen LogP contribution in [0.25, 0.3) is 10.2 Å². The number of benzene rings is 2. The van der Waals surface area contributed by atoms with Gasteiger partial charge in [-0.05, 0) is 24.3 Å². The molecule has 0 spiro atoms. The highest BCUT2D eigenvalue weighted by Crippen LogP contribution is 2.26. The molecular formula is C16H14N2O2S. The summed E-state index contributed by atoms with van der Waals surface area (Å²) in [7, 11) is 3.52. The number of hydrogen-bond acceptors (Lipinski definition) is 3. The summed E-state index contributed by atoms with van der Waals surface area (Å²) in [6.45, 7) is 0. The van der Waals surface area contributed by atoms with Crippen molar-refractivity contribution in [3.8, 4) is 5.75 Å². The quantitative estimate of drug-likeness (QED) is 0.730. The zero-order chi connectivity index (χ0) is 14.8. The number of thiazole rings is 1. The monoisotopic (exact) mass is 298 g/mol. The fourth-order valence-corrected chi connectivity index (χ4v) is 3.21. The summed E-state index contributed by atoms with van der Waals surface area (Å²) in [6, 6.07) is 14.9. The van der Waals surface area contributed by atoms with Crippen molar-refractivity contribution in [1.29, 1.82) is 0 Å². The number of para-hydroxylation sites is 1. The van der Waals surface area contributed by atoms with Crippen LogP contribution in [0.15, 0.2) is 53.5 Å². The van der Waals surface area contributed by atoms with E-state index in [0.717, 1.165) is 16.0 Å². The van der Waals surface area contributed by atoms with Crippen LogP contribution >= 0.6 is 11.3 Å². The van der Waals surface area contributed by atoms with Gasteiger partial charge < -0.3 is 9.30 Å². The number of amides is 1. The maximum Gasteiger partial charge on any atom is 0.279 e. The number of methoxy groups -OCH3 is 1. The molecule has 2 aromatic carbocycles. The van der Waals surface area contributed by atoms with Crippen molar-refractivity contribution in [1.82, 2.24) is 4.57 Å². The minimum Gasteiger partial charge on any atom is -0.495 e. The van der Waals surface area contributed by atoms with E-state index in [1.165, 1.54) is 11.3 Å². The Morgan fingerprint density at radius 2 is 1.90 bits per heavy atom. The third-order valence-electron chi connectivity index (χ3n) is 3.22. The summed E-state index contributed by atoms with van der Waals surface area (Å²) >= 11 is 1.47. The van der Waals surface area contributed by atoms with Crippen LogP contribution in [-0.4, -0.2) is 17.6 Å². The molecule has 3 rings (SSSR count). The first-order valence-corrected chi connectivity index (χ1v) is 7.29. The molecule has 5 heteroatoms. The van der Waals surface area contributed by atoms with Crippen LogP contribution in [-0.2, 0) is 7.05 Å². The van der Waals surface area contributed by atoms with Gasteiger partial charge in [-0.15, -0.1) is 0 Å². The molecule has 0 aliphatic carbocycles. The van der Waals surface area contributed by atoms with E-state index in [2.05, 4.69) is 4.99 Å². The second kappa shape index (κ2) is 5.54. The molecule has 1 heterocycles. The molecule has 106 valence electrons. The van der Waals surface area contributed by atoms with Crippen LogP contribution in [0.1, 0.15) is 10.4 Å². The molecule has 3 aromatic rings. The van der Waals surface area contributed by atoms with Gasteiger partial charge in [0.2, 0.25) is 0 Å². The van der Waals surface area contributed by atoms with Crippen LogP contribution in [0.2, 0.25) is 0 Å². The van der Waals surface area contributed by atoms with Crippen molar-refractivity contribution in [3.63, 3.8) is 0 Å².